The highest BCUT2D eigenvalue weighted by Crippen LogP contribution is 2.17. The molecule has 1 aliphatic rings. The molecular weight excluding hydrogens is 390 g/mol. The van der Waals surface area contributed by atoms with Gasteiger partial charge in [-0.2, -0.15) is 5.10 Å². The largest absolute Gasteiger partial charge is 0.357 e. The number of nitrogens with one attached hydrogen (secondary N) is 2. The van der Waals surface area contributed by atoms with Crippen molar-refractivity contribution in [2.24, 2.45) is 0 Å². The average molecular weight is 420 g/mol. The van der Waals surface area contributed by atoms with Gasteiger partial charge in [0.2, 0.25) is 0 Å². The van der Waals surface area contributed by atoms with Crippen LogP contribution in [-0.4, -0.2) is 38.9 Å². The van der Waals surface area contributed by atoms with Crippen molar-refractivity contribution < 1.29 is 4.79 Å². The van der Waals surface area contributed by atoms with E-state index in [1.807, 2.05) is 30.5 Å². The van der Waals surface area contributed by atoms with Gasteiger partial charge in [0.25, 0.3) is 0 Å². The maximum Gasteiger partial charge on any atom is 0.315 e. The summed E-state index contributed by atoms with van der Waals surface area (Å²) in [4.78, 5) is 23.1. The van der Waals surface area contributed by atoms with Gasteiger partial charge >= 0.3 is 6.03 Å². The van der Waals surface area contributed by atoms with Crippen molar-refractivity contribution in [1.29, 1.82) is 0 Å². The lowest BCUT2D eigenvalue weighted by molar-refractivity contribution is 0.240. The lowest BCUT2D eigenvalue weighted by Crippen LogP contribution is -2.34. The first kappa shape index (κ1) is 20.8. The van der Waals surface area contributed by atoms with Gasteiger partial charge in [-0.15, -0.1) is 0 Å². The van der Waals surface area contributed by atoms with E-state index >= 15 is 0 Å². The smallest absolute Gasteiger partial charge is 0.315 e. The topological polar surface area (TPSA) is 88.0 Å². The Morgan fingerprint density at radius 2 is 1.71 bits per heavy atom. The van der Waals surface area contributed by atoms with Crippen molar-refractivity contribution in [2.45, 2.75) is 45.3 Å². The van der Waals surface area contributed by atoms with Crippen LogP contribution in [0.2, 0.25) is 0 Å². The first-order chi connectivity index (χ1) is 15.3. The molecule has 0 radical (unpaired) electrons. The summed E-state index contributed by atoms with van der Waals surface area (Å²) >= 11 is 0. The molecule has 1 fully saturated rings. The Hall–Kier alpha value is -3.42. The third kappa shape index (κ3) is 6.28. The molecule has 0 bridgehead atoms. The first-order valence-electron chi connectivity index (χ1n) is 10.9. The second kappa shape index (κ2) is 10.6. The molecule has 31 heavy (non-hydrogen) atoms. The van der Waals surface area contributed by atoms with Gasteiger partial charge in [0.15, 0.2) is 0 Å². The van der Waals surface area contributed by atoms with Crippen LogP contribution in [0.4, 0.5) is 10.6 Å². The summed E-state index contributed by atoms with van der Waals surface area (Å²) in [5, 5.41) is 9.94. The Morgan fingerprint density at radius 3 is 2.42 bits per heavy atom. The summed E-state index contributed by atoms with van der Waals surface area (Å²) in [5.41, 5.74) is 3.14. The Bertz CT molecular complexity index is 948. The minimum absolute atomic E-state index is 0.196. The van der Waals surface area contributed by atoms with Crippen molar-refractivity contribution in [3.63, 3.8) is 0 Å². The van der Waals surface area contributed by atoms with E-state index in [0.717, 1.165) is 35.6 Å². The van der Waals surface area contributed by atoms with Crippen molar-refractivity contribution in [1.82, 2.24) is 30.4 Å². The predicted octanol–water partition coefficient (Wildman–Crippen LogP) is 3.10. The second-order valence-corrected chi connectivity index (χ2v) is 7.88. The van der Waals surface area contributed by atoms with Crippen LogP contribution >= 0.6 is 0 Å². The van der Waals surface area contributed by atoms with E-state index in [4.69, 9.17) is 0 Å². The molecule has 162 valence electrons. The SMILES string of the molecule is O=C(NCc1ccc(N2CCCCCC2)nc1)NCc1cccc(Cn2cncn2)c1. The minimum atomic E-state index is -0.196. The van der Waals surface area contributed by atoms with Crippen LogP contribution in [0.5, 0.6) is 0 Å². The Morgan fingerprint density at radius 1 is 0.935 bits per heavy atom. The number of hydrogen-bond donors (Lipinski definition) is 2. The zero-order chi connectivity index (χ0) is 21.3. The van der Waals surface area contributed by atoms with E-state index in [1.54, 1.807) is 11.0 Å². The molecular formula is C23H29N7O. The molecule has 0 aliphatic carbocycles. The van der Waals surface area contributed by atoms with E-state index in [0.29, 0.717) is 19.6 Å². The molecule has 4 rings (SSSR count). The summed E-state index contributed by atoms with van der Waals surface area (Å²) in [5.74, 6) is 1.03. The van der Waals surface area contributed by atoms with Gasteiger partial charge in [0, 0.05) is 32.4 Å². The molecule has 0 atom stereocenters. The number of rotatable bonds is 7. The standard InChI is InChI=1S/C23H29N7O/c31-23(26-13-19-6-5-7-20(12-19)16-30-18-24-17-28-30)27-15-21-8-9-22(25-14-21)29-10-3-1-2-4-11-29/h5-9,12,14,17-18H,1-4,10-11,13,15-16H2,(H2,26,27,31). The summed E-state index contributed by atoms with van der Waals surface area (Å²) in [6.07, 6.45) is 10.1. The Balaban J connectivity index is 1.22. The fraction of sp³-hybridized carbons (Fsp3) is 0.391. The zero-order valence-electron chi connectivity index (χ0n) is 17.7. The van der Waals surface area contributed by atoms with Gasteiger partial charge in [-0.1, -0.05) is 43.2 Å². The Kier molecular flexibility index (Phi) is 7.10. The van der Waals surface area contributed by atoms with E-state index in [9.17, 15) is 4.79 Å². The number of amides is 2. The van der Waals surface area contributed by atoms with Crippen LogP contribution in [0.15, 0.2) is 55.2 Å². The molecule has 8 heteroatoms. The van der Waals surface area contributed by atoms with Crippen LogP contribution < -0.4 is 15.5 Å². The number of aromatic nitrogens is 4. The predicted molar refractivity (Wildman–Crippen MR) is 120 cm³/mol. The van der Waals surface area contributed by atoms with Gasteiger partial charge in [0.1, 0.15) is 18.5 Å². The fourth-order valence-electron chi connectivity index (χ4n) is 3.77. The van der Waals surface area contributed by atoms with Crippen LogP contribution in [-0.2, 0) is 19.6 Å². The number of urea groups is 1. The number of hydrogen-bond acceptors (Lipinski definition) is 5. The lowest BCUT2D eigenvalue weighted by atomic mass is 10.1. The van der Waals surface area contributed by atoms with Gasteiger partial charge in [-0.3, -0.25) is 0 Å². The summed E-state index contributed by atoms with van der Waals surface area (Å²) in [6, 6.07) is 12.0. The number of carbonyl (C=O) groups is 1. The molecule has 1 aromatic carbocycles. The summed E-state index contributed by atoms with van der Waals surface area (Å²) < 4.78 is 1.77. The lowest BCUT2D eigenvalue weighted by Gasteiger charge is -2.21. The molecule has 1 saturated heterocycles. The van der Waals surface area contributed by atoms with Crippen LogP contribution in [0, 0.1) is 0 Å². The number of benzene rings is 1. The van der Waals surface area contributed by atoms with Gasteiger partial charge in [0.05, 0.1) is 6.54 Å². The average Bonchev–Trinajstić information content (AvgIpc) is 3.16. The third-order valence-corrected chi connectivity index (χ3v) is 5.45. The van der Waals surface area contributed by atoms with Crippen molar-refractivity contribution in [3.8, 4) is 0 Å². The van der Waals surface area contributed by atoms with E-state index in [-0.39, 0.29) is 6.03 Å². The molecule has 0 spiro atoms. The highest BCUT2D eigenvalue weighted by Gasteiger charge is 2.11. The van der Waals surface area contributed by atoms with Crippen molar-refractivity contribution in [2.75, 3.05) is 18.0 Å². The number of anilines is 1. The number of pyridine rings is 1. The molecule has 2 aromatic heterocycles. The number of nitrogens with zero attached hydrogens (tertiary/aromatic N) is 5. The van der Waals surface area contributed by atoms with Crippen molar-refractivity contribution >= 4 is 11.8 Å². The normalized spacial score (nSPS) is 14.1. The zero-order valence-corrected chi connectivity index (χ0v) is 17.7. The molecule has 3 heterocycles. The number of carbonyl (C=O) groups excluding carboxylic acids is 1. The molecule has 0 saturated carbocycles. The first-order valence-corrected chi connectivity index (χ1v) is 10.9. The maximum atomic E-state index is 12.2. The van der Waals surface area contributed by atoms with Gasteiger partial charge < -0.3 is 15.5 Å². The molecule has 2 N–H and O–H groups in total. The quantitative estimate of drug-likeness (QED) is 0.614. The molecule has 3 aromatic rings. The molecule has 2 amide bonds. The molecule has 8 nitrogen and oxygen atoms in total. The van der Waals surface area contributed by atoms with Gasteiger partial charge in [-0.05, 0) is 35.6 Å². The van der Waals surface area contributed by atoms with Crippen LogP contribution in [0.1, 0.15) is 42.4 Å². The minimum Gasteiger partial charge on any atom is -0.357 e. The maximum absolute atomic E-state index is 12.2. The van der Waals surface area contributed by atoms with Crippen molar-refractivity contribution in [3.05, 3.63) is 71.9 Å². The highest BCUT2D eigenvalue weighted by atomic mass is 16.2. The highest BCUT2D eigenvalue weighted by molar-refractivity contribution is 5.73. The summed E-state index contributed by atoms with van der Waals surface area (Å²) in [6.45, 7) is 3.72. The van der Waals surface area contributed by atoms with Crippen LogP contribution in [0.3, 0.4) is 0 Å². The fourth-order valence-corrected chi connectivity index (χ4v) is 3.77. The third-order valence-electron chi connectivity index (χ3n) is 5.45. The second-order valence-electron chi connectivity index (χ2n) is 7.88. The molecule has 0 unspecified atom stereocenters. The van der Waals surface area contributed by atoms with E-state index in [1.165, 1.54) is 32.0 Å². The summed E-state index contributed by atoms with van der Waals surface area (Å²) in [7, 11) is 0. The monoisotopic (exact) mass is 419 g/mol. The van der Waals surface area contributed by atoms with Gasteiger partial charge in [-0.25, -0.2) is 19.4 Å². The molecule has 1 aliphatic heterocycles. The van der Waals surface area contributed by atoms with E-state index in [2.05, 4.69) is 42.7 Å². The van der Waals surface area contributed by atoms with E-state index < -0.39 is 0 Å². The van der Waals surface area contributed by atoms with Crippen LogP contribution in [0.25, 0.3) is 0 Å². The Labute approximate surface area is 182 Å².